The molecule has 0 atom stereocenters. The van der Waals surface area contributed by atoms with Gasteiger partial charge in [-0.2, -0.15) is 5.26 Å². The van der Waals surface area contributed by atoms with E-state index in [1.54, 1.807) is 24.7 Å². The van der Waals surface area contributed by atoms with Gasteiger partial charge in [-0.05, 0) is 44.6 Å². The van der Waals surface area contributed by atoms with Crippen LogP contribution in [0.5, 0.6) is 0 Å². The van der Waals surface area contributed by atoms with Crippen molar-refractivity contribution in [1.29, 1.82) is 5.26 Å². The molecule has 0 spiro atoms. The summed E-state index contributed by atoms with van der Waals surface area (Å²) < 4.78 is 0. The highest BCUT2D eigenvalue weighted by Crippen LogP contribution is 2.23. The molecule has 32 heavy (non-hydrogen) atoms. The molecule has 0 amide bonds. The summed E-state index contributed by atoms with van der Waals surface area (Å²) in [4.78, 5) is 34.0. The lowest BCUT2D eigenvalue weighted by atomic mass is 10.1. The number of carbonyl (C=O) groups excluding carboxylic acids is 2. The van der Waals surface area contributed by atoms with Gasteiger partial charge in [0.15, 0.2) is 5.65 Å². The van der Waals surface area contributed by atoms with Crippen molar-refractivity contribution < 1.29 is 9.59 Å². The molecule has 3 aromatic heterocycles. The fraction of sp³-hybridized carbons (Fsp3) is 0.391. The summed E-state index contributed by atoms with van der Waals surface area (Å²) in [7, 11) is 0. The molecular formula is C23H33N7O2. The summed E-state index contributed by atoms with van der Waals surface area (Å²) in [6.07, 6.45) is 9.11. The lowest BCUT2D eigenvalue weighted by molar-refractivity contribution is -0.0987. The van der Waals surface area contributed by atoms with Gasteiger partial charge >= 0.3 is 0 Å². The number of fused-ring (bicyclic) bond motifs is 1. The second kappa shape index (κ2) is 17.1. The van der Waals surface area contributed by atoms with Gasteiger partial charge in [0.2, 0.25) is 0 Å². The predicted octanol–water partition coefficient (Wildman–Crippen LogP) is 3.62. The molecule has 0 unspecified atom stereocenters. The number of aromatic amines is 1. The van der Waals surface area contributed by atoms with Crippen molar-refractivity contribution >= 4 is 30.6 Å². The Bertz CT molecular complexity index is 945. The van der Waals surface area contributed by atoms with Crippen LogP contribution in [0.4, 0.5) is 5.82 Å². The molecule has 1 aliphatic heterocycles. The van der Waals surface area contributed by atoms with Crippen molar-refractivity contribution in [1.82, 2.24) is 24.8 Å². The maximum atomic E-state index is 8.97. The smallest absolute Gasteiger partial charge is 0.157 e. The van der Waals surface area contributed by atoms with Crippen LogP contribution in [0.25, 0.3) is 22.4 Å². The Morgan fingerprint density at radius 1 is 1.16 bits per heavy atom. The highest BCUT2D eigenvalue weighted by Gasteiger charge is 2.10. The van der Waals surface area contributed by atoms with E-state index in [0.717, 1.165) is 0 Å². The number of carbonyl (C=O) groups is 2. The minimum Gasteiger partial charge on any atom is -0.383 e. The molecule has 0 aromatic carbocycles. The standard InChI is InChI=1S/C12H8N6.C7H15N.C2H6.2CH2O/c13-4-7-5-16-12-10(7)18-9(6-17-12)8-2-1-3-15-11(8)14;1-2-8-6-4-3-5-7-8;3*1-2/h1-3,5-6H,(H2,14,15)(H,16,17);2-7H2,1H3;1-2H3;2*1H2. The van der Waals surface area contributed by atoms with E-state index in [9.17, 15) is 0 Å². The number of rotatable bonds is 2. The highest BCUT2D eigenvalue weighted by molar-refractivity contribution is 5.81. The topological polar surface area (TPSA) is 142 Å². The van der Waals surface area contributed by atoms with E-state index in [-0.39, 0.29) is 0 Å². The molecular weight excluding hydrogens is 406 g/mol. The summed E-state index contributed by atoms with van der Waals surface area (Å²) in [5.74, 6) is 0.389. The number of likely N-dealkylation sites (tertiary alicyclic amines) is 1. The summed E-state index contributed by atoms with van der Waals surface area (Å²) in [5.41, 5.74) is 8.68. The fourth-order valence-corrected chi connectivity index (χ4v) is 3.02. The Labute approximate surface area is 189 Å². The van der Waals surface area contributed by atoms with Crippen molar-refractivity contribution in [3.05, 3.63) is 36.3 Å². The van der Waals surface area contributed by atoms with Crippen LogP contribution >= 0.6 is 0 Å². The minimum atomic E-state index is 0.389. The number of piperidine rings is 1. The van der Waals surface area contributed by atoms with E-state index in [0.29, 0.717) is 33.8 Å². The van der Waals surface area contributed by atoms with Crippen LogP contribution in [0.3, 0.4) is 0 Å². The number of anilines is 1. The first-order valence-corrected chi connectivity index (χ1v) is 10.5. The number of hydrogen-bond donors (Lipinski definition) is 2. The number of H-pyrrole nitrogens is 1. The first-order chi connectivity index (χ1) is 15.7. The summed E-state index contributed by atoms with van der Waals surface area (Å²) in [5, 5.41) is 8.97. The van der Waals surface area contributed by atoms with E-state index in [1.807, 2.05) is 33.5 Å². The third-order valence-electron chi connectivity index (χ3n) is 4.51. The quantitative estimate of drug-likeness (QED) is 0.616. The van der Waals surface area contributed by atoms with Gasteiger partial charge < -0.3 is 25.2 Å². The van der Waals surface area contributed by atoms with Crippen LogP contribution in [-0.4, -0.2) is 58.0 Å². The van der Waals surface area contributed by atoms with Gasteiger partial charge in [0.05, 0.1) is 17.5 Å². The Morgan fingerprint density at radius 2 is 1.81 bits per heavy atom. The van der Waals surface area contributed by atoms with E-state index in [1.165, 1.54) is 38.9 Å². The van der Waals surface area contributed by atoms with Crippen LogP contribution in [0.2, 0.25) is 0 Å². The molecule has 1 aliphatic rings. The molecule has 4 rings (SSSR count). The van der Waals surface area contributed by atoms with Gasteiger partial charge in [0.25, 0.3) is 0 Å². The average Bonchev–Trinajstić information content (AvgIpc) is 3.31. The molecule has 0 radical (unpaired) electrons. The van der Waals surface area contributed by atoms with E-state index < -0.39 is 0 Å². The SMILES string of the molecule is C=O.C=O.CC.CCN1CCCCC1.N#Cc1c[nH]c2ncc(-c3cccnc3N)nc12. The number of nitrogen functional groups attached to an aromatic ring is 1. The molecule has 3 N–H and O–H groups in total. The Hall–Kier alpha value is -3.64. The van der Waals surface area contributed by atoms with Crippen LogP contribution in [0.15, 0.2) is 30.7 Å². The fourth-order valence-electron chi connectivity index (χ4n) is 3.02. The lowest BCUT2D eigenvalue weighted by Crippen LogP contribution is -2.29. The molecule has 4 heterocycles. The van der Waals surface area contributed by atoms with Crippen LogP contribution < -0.4 is 5.73 Å². The Kier molecular flexibility index (Phi) is 15.1. The van der Waals surface area contributed by atoms with Crippen LogP contribution in [0, 0.1) is 11.3 Å². The zero-order chi connectivity index (χ0) is 24.4. The molecule has 0 bridgehead atoms. The number of nitrogens with one attached hydrogen (secondary N) is 1. The molecule has 9 nitrogen and oxygen atoms in total. The predicted molar refractivity (Wildman–Crippen MR) is 128 cm³/mol. The molecule has 0 saturated carbocycles. The summed E-state index contributed by atoms with van der Waals surface area (Å²) in [6, 6.07) is 5.66. The molecule has 9 heteroatoms. The van der Waals surface area contributed by atoms with Crippen LogP contribution in [-0.2, 0) is 9.59 Å². The first kappa shape index (κ1) is 28.4. The number of nitrogens with two attached hydrogens (primary N) is 1. The Morgan fingerprint density at radius 3 is 2.34 bits per heavy atom. The summed E-state index contributed by atoms with van der Waals surface area (Å²) in [6.45, 7) is 14.2. The number of nitriles is 1. The normalized spacial score (nSPS) is 12.2. The molecule has 0 aliphatic carbocycles. The van der Waals surface area contributed by atoms with Gasteiger partial charge in [-0.15, -0.1) is 0 Å². The molecule has 3 aromatic rings. The largest absolute Gasteiger partial charge is 0.383 e. The van der Waals surface area contributed by atoms with E-state index >= 15 is 0 Å². The maximum Gasteiger partial charge on any atom is 0.157 e. The van der Waals surface area contributed by atoms with Gasteiger partial charge in [-0.25, -0.2) is 15.0 Å². The monoisotopic (exact) mass is 439 g/mol. The van der Waals surface area contributed by atoms with Crippen molar-refractivity contribution in [2.45, 2.75) is 40.0 Å². The number of aromatic nitrogens is 4. The third-order valence-corrected chi connectivity index (χ3v) is 4.51. The van der Waals surface area contributed by atoms with E-state index in [4.69, 9.17) is 20.6 Å². The lowest BCUT2D eigenvalue weighted by Gasteiger charge is -2.24. The number of hydrogen-bond acceptors (Lipinski definition) is 8. The van der Waals surface area contributed by atoms with Gasteiger partial charge in [-0.1, -0.05) is 27.2 Å². The zero-order valence-corrected chi connectivity index (χ0v) is 19.2. The van der Waals surface area contributed by atoms with Gasteiger partial charge in [0.1, 0.15) is 31.0 Å². The first-order valence-electron chi connectivity index (χ1n) is 10.5. The van der Waals surface area contributed by atoms with Gasteiger partial charge in [0, 0.05) is 18.0 Å². The molecule has 172 valence electrons. The summed E-state index contributed by atoms with van der Waals surface area (Å²) >= 11 is 0. The average molecular weight is 440 g/mol. The van der Waals surface area contributed by atoms with Crippen molar-refractivity contribution in [2.24, 2.45) is 0 Å². The second-order valence-corrected chi connectivity index (χ2v) is 6.20. The third kappa shape index (κ3) is 8.24. The number of nitrogens with zero attached hydrogens (tertiary/aromatic N) is 5. The minimum absolute atomic E-state index is 0.389. The van der Waals surface area contributed by atoms with Gasteiger partial charge in [-0.3, -0.25) is 0 Å². The van der Waals surface area contributed by atoms with Crippen molar-refractivity contribution in [3.8, 4) is 17.3 Å². The maximum absolute atomic E-state index is 8.97. The molecule has 1 saturated heterocycles. The molecule has 1 fully saturated rings. The second-order valence-electron chi connectivity index (χ2n) is 6.20. The van der Waals surface area contributed by atoms with Crippen molar-refractivity contribution in [3.63, 3.8) is 0 Å². The Balaban J connectivity index is 0.000000577. The van der Waals surface area contributed by atoms with E-state index in [2.05, 4.69) is 37.8 Å². The van der Waals surface area contributed by atoms with Crippen molar-refractivity contribution in [2.75, 3.05) is 25.4 Å². The highest BCUT2D eigenvalue weighted by atomic mass is 16.1. The van der Waals surface area contributed by atoms with Crippen LogP contribution in [0.1, 0.15) is 45.6 Å². The zero-order valence-electron chi connectivity index (χ0n) is 19.2. The number of pyridine rings is 1.